The molecule has 2 aromatic rings. The number of β-amino-alcohol motifs (C(OH)–C–C–N with tert-alkyl or cyclic N) is 1. The maximum Gasteiger partial charge on any atom is 0.271 e. The number of H-pyrrole nitrogens is 1. The molecule has 6 heteroatoms. The van der Waals surface area contributed by atoms with Crippen molar-refractivity contribution < 1.29 is 18.7 Å². The molecule has 1 amide bonds. The summed E-state index contributed by atoms with van der Waals surface area (Å²) in [5, 5.41) is 9.94. The highest BCUT2D eigenvalue weighted by atomic mass is 19.1. The van der Waals surface area contributed by atoms with Crippen LogP contribution in [0.3, 0.4) is 0 Å². The Morgan fingerprint density at radius 3 is 2.70 bits per heavy atom. The highest BCUT2D eigenvalue weighted by molar-refractivity contribution is 5.94. The quantitative estimate of drug-likeness (QED) is 0.894. The van der Waals surface area contributed by atoms with Crippen molar-refractivity contribution in [2.45, 2.75) is 32.4 Å². The second-order valence-electron chi connectivity index (χ2n) is 6.04. The summed E-state index contributed by atoms with van der Waals surface area (Å²) >= 11 is 0. The molecule has 0 spiro atoms. The van der Waals surface area contributed by atoms with E-state index in [1.165, 1.54) is 4.90 Å². The van der Waals surface area contributed by atoms with Crippen LogP contribution in [-0.4, -0.2) is 33.5 Å². The number of rotatable bonds is 2. The molecule has 2 heterocycles. The van der Waals surface area contributed by atoms with Crippen LogP contribution < -0.4 is 0 Å². The van der Waals surface area contributed by atoms with Gasteiger partial charge in [0.2, 0.25) is 0 Å². The average molecular weight is 320 g/mol. The van der Waals surface area contributed by atoms with E-state index in [2.05, 4.69) is 4.98 Å². The summed E-state index contributed by atoms with van der Waals surface area (Å²) in [6.45, 7) is 3.74. The van der Waals surface area contributed by atoms with E-state index >= 15 is 0 Å². The summed E-state index contributed by atoms with van der Waals surface area (Å²) in [4.78, 5) is 17.2. The molecule has 1 saturated heterocycles. The molecule has 0 radical (unpaired) electrons. The lowest BCUT2D eigenvalue weighted by Crippen LogP contribution is -2.32. The number of aryl methyl sites for hydroxylation is 2. The number of nitrogens with one attached hydrogen (secondary N) is 1. The number of carbonyl (C=O) groups is 1. The molecule has 2 atom stereocenters. The summed E-state index contributed by atoms with van der Waals surface area (Å²) in [7, 11) is 0. The maximum absolute atomic E-state index is 14.1. The Hall–Kier alpha value is -2.21. The van der Waals surface area contributed by atoms with Crippen LogP contribution in [0.4, 0.5) is 8.78 Å². The fourth-order valence-corrected chi connectivity index (χ4v) is 3.20. The monoisotopic (exact) mass is 320 g/mol. The van der Waals surface area contributed by atoms with Gasteiger partial charge in [-0.1, -0.05) is 0 Å². The number of aromatic nitrogens is 1. The lowest BCUT2D eigenvalue weighted by molar-refractivity contribution is 0.0707. The molecule has 1 aliphatic heterocycles. The van der Waals surface area contributed by atoms with E-state index in [0.717, 1.165) is 29.5 Å². The van der Waals surface area contributed by atoms with E-state index in [1.807, 2.05) is 13.0 Å². The van der Waals surface area contributed by atoms with Gasteiger partial charge in [-0.3, -0.25) is 4.79 Å². The van der Waals surface area contributed by atoms with Gasteiger partial charge in [-0.25, -0.2) is 8.78 Å². The number of hydrogen-bond donors (Lipinski definition) is 2. The molecular weight excluding hydrogens is 302 g/mol. The Morgan fingerprint density at radius 1 is 1.30 bits per heavy atom. The zero-order valence-corrected chi connectivity index (χ0v) is 12.9. The van der Waals surface area contributed by atoms with Crippen molar-refractivity contribution in [3.63, 3.8) is 0 Å². The predicted octanol–water partition coefficient (Wildman–Crippen LogP) is 2.86. The molecule has 0 bridgehead atoms. The molecule has 1 aromatic heterocycles. The minimum absolute atomic E-state index is 0.0934. The first-order chi connectivity index (χ1) is 10.9. The van der Waals surface area contributed by atoms with Crippen LogP contribution in [0.15, 0.2) is 24.3 Å². The van der Waals surface area contributed by atoms with Gasteiger partial charge in [-0.15, -0.1) is 0 Å². The van der Waals surface area contributed by atoms with Gasteiger partial charge in [0.1, 0.15) is 17.3 Å². The molecule has 23 heavy (non-hydrogen) atoms. The second-order valence-corrected chi connectivity index (χ2v) is 6.04. The minimum atomic E-state index is -0.761. The highest BCUT2D eigenvalue weighted by Gasteiger charge is 2.38. The number of halogens is 2. The van der Waals surface area contributed by atoms with Crippen molar-refractivity contribution in [2.24, 2.45) is 0 Å². The van der Waals surface area contributed by atoms with Crippen molar-refractivity contribution >= 4 is 5.91 Å². The maximum atomic E-state index is 14.1. The molecular formula is C17H18F2N2O2. The smallest absolute Gasteiger partial charge is 0.271 e. The van der Waals surface area contributed by atoms with Gasteiger partial charge in [0.15, 0.2) is 0 Å². The van der Waals surface area contributed by atoms with Crippen molar-refractivity contribution in [3.8, 4) is 0 Å². The molecule has 0 aliphatic carbocycles. The summed E-state index contributed by atoms with van der Waals surface area (Å²) in [6.07, 6.45) is -0.576. The number of carbonyl (C=O) groups excluding carboxylic acids is 1. The van der Waals surface area contributed by atoms with Crippen molar-refractivity contribution in [1.29, 1.82) is 0 Å². The van der Waals surface area contributed by atoms with E-state index in [4.69, 9.17) is 0 Å². The second kappa shape index (κ2) is 5.77. The Bertz CT molecular complexity index is 757. The topological polar surface area (TPSA) is 56.3 Å². The van der Waals surface area contributed by atoms with Gasteiger partial charge in [0, 0.05) is 17.8 Å². The first-order valence-corrected chi connectivity index (χ1v) is 7.47. The summed E-state index contributed by atoms with van der Waals surface area (Å²) in [5.41, 5.74) is 2.14. The van der Waals surface area contributed by atoms with Crippen LogP contribution in [0.1, 0.15) is 39.8 Å². The van der Waals surface area contributed by atoms with E-state index in [9.17, 15) is 18.7 Å². The molecule has 1 fully saturated rings. The van der Waals surface area contributed by atoms with E-state index in [-0.39, 0.29) is 24.4 Å². The average Bonchev–Trinajstić information content (AvgIpc) is 3.03. The Labute approximate surface area is 132 Å². The van der Waals surface area contributed by atoms with Crippen LogP contribution >= 0.6 is 0 Å². The molecule has 3 rings (SSSR count). The number of aliphatic hydroxyl groups is 1. The van der Waals surface area contributed by atoms with Gasteiger partial charge in [-0.2, -0.15) is 0 Å². The normalized spacial score (nSPS) is 21.0. The van der Waals surface area contributed by atoms with Crippen LogP contribution in [0.5, 0.6) is 0 Å². The highest BCUT2D eigenvalue weighted by Crippen LogP contribution is 2.35. The van der Waals surface area contributed by atoms with Crippen LogP contribution in [0, 0.1) is 25.5 Å². The third-order valence-corrected chi connectivity index (χ3v) is 4.22. The summed E-state index contributed by atoms with van der Waals surface area (Å²) in [5.74, 6) is -1.47. The fourth-order valence-electron chi connectivity index (χ4n) is 3.20. The molecule has 0 unspecified atom stereocenters. The van der Waals surface area contributed by atoms with Crippen molar-refractivity contribution in [1.82, 2.24) is 9.88 Å². The lowest BCUT2D eigenvalue weighted by atomic mass is 10.0. The van der Waals surface area contributed by atoms with E-state index < -0.39 is 23.8 Å². The van der Waals surface area contributed by atoms with Crippen LogP contribution in [-0.2, 0) is 0 Å². The largest absolute Gasteiger partial charge is 0.391 e. The Kier molecular flexibility index (Phi) is 3.93. The van der Waals surface area contributed by atoms with E-state index in [1.54, 1.807) is 6.92 Å². The summed E-state index contributed by atoms with van der Waals surface area (Å²) in [6, 6.07) is 4.33. The van der Waals surface area contributed by atoms with Gasteiger partial charge in [0.25, 0.3) is 5.91 Å². The molecule has 2 N–H and O–H groups in total. The molecule has 0 saturated carbocycles. The predicted molar refractivity (Wildman–Crippen MR) is 81.0 cm³/mol. The number of aliphatic hydroxyl groups excluding tert-OH is 1. The van der Waals surface area contributed by atoms with Crippen LogP contribution in [0.25, 0.3) is 0 Å². The third-order valence-electron chi connectivity index (χ3n) is 4.22. The zero-order valence-electron chi connectivity index (χ0n) is 12.9. The SMILES string of the molecule is Cc1cc(C)c(C(=O)N2C[C@H](O)C[C@@H]2c2cc(F)ccc2F)[nH]1. The Balaban J connectivity index is 1.98. The first kappa shape index (κ1) is 15.7. The lowest BCUT2D eigenvalue weighted by Gasteiger charge is -2.25. The van der Waals surface area contributed by atoms with Crippen molar-refractivity contribution in [2.75, 3.05) is 6.54 Å². The summed E-state index contributed by atoms with van der Waals surface area (Å²) < 4.78 is 27.6. The number of aromatic amines is 1. The molecule has 1 aromatic carbocycles. The first-order valence-electron chi connectivity index (χ1n) is 7.47. The number of benzene rings is 1. The zero-order chi connectivity index (χ0) is 16.7. The van der Waals surface area contributed by atoms with Gasteiger partial charge in [-0.05, 0) is 50.1 Å². The third kappa shape index (κ3) is 2.86. The van der Waals surface area contributed by atoms with Crippen LogP contribution in [0.2, 0.25) is 0 Å². The minimum Gasteiger partial charge on any atom is -0.391 e. The molecule has 1 aliphatic rings. The van der Waals surface area contributed by atoms with Gasteiger partial charge >= 0.3 is 0 Å². The van der Waals surface area contributed by atoms with Gasteiger partial charge in [0.05, 0.1) is 12.1 Å². The number of likely N-dealkylation sites (tertiary alicyclic amines) is 1. The van der Waals surface area contributed by atoms with E-state index in [0.29, 0.717) is 5.69 Å². The molecule has 4 nitrogen and oxygen atoms in total. The molecule has 122 valence electrons. The Morgan fingerprint density at radius 2 is 2.04 bits per heavy atom. The van der Waals surface area contributed by atoms with Gasteiger partial charge < -0.3 is 15.0 Å². The number of nitrogens with zero attached hydrogens (tertiary/aromatic N) is 1. The number of hydrogen-bond acceptors (Lipinski definition) is 2. The standard InChI is InChI=1S/C17H18F2N2O2/c1-9-5-10(2)20-16(9)17(23)21-8-12(22)7-15(21)13-6-11(18)3-4-14(13)19/h3-6,12,15,20,22H,7-8H2,1-2H3/t12-,15-/m1/s1. The van der Waals surface area contributed by atoms with Crippen molar-refractivity contribution in [3.05, 3.63) is 58.4 Å². The number of amides is 1. The fraction of sp³-hybridized carbons (Fsp3) is 0.353.